The Kier molecular flexibility index (Phi) is 5.10. The number of para-hydroxylation sites is 1. The van der Waals surface area contributed by atoms with Crippen LogP contribution in [0.25, 0.3) is 0 Å². The van der Waals surface area contributed by atoms with E-state index in [9.17, 15) is 4.79 Å². The van der Waals surface area contributed by atoms with Crippen LogP contribution in [0.2, 0.25) is 5.02 Å². The minimum absolute atomic E-state index is 0.124. The summed E-state index contributed by atoms with van der Waals surface area (Å²) >= 11 is 6.03. The number of nitrogens with zero attached hydrogens (tertiary/aromatic N) is 1. The van der Waals surface area contributed by atoms with Gasteiger partial charge in [-0.05, 0) is 18.2 Å². The normalized spacial score (nSPS) is 15.2. The molecule has 0 bridgehead atoms. The number of hydrogen-bond donors (Lipinski definition) is 1. The molecule has 0 radical (unpaired) electrons. The summed E-state index contributed by atoms with van der Waals surface area (Å²) in [5.41, 5.74) is 1.02. The van der Waals surface area contributed by atoms with Gasteiger partial charge in [0.1, 0.15) is 6.10 Å². The first-order valence-corrected chi connectivity index (χ1v) is 7.86. The first kappa shape index (κ1) is 15.8. The van der Waals surface area contributed by atoms with Gasteiger partial charge >= 0.3 is 0 Å². The van der Waals surface area contributed by atoms with Crippen LogP contribution in [-0.2, 0) is 4.74 Å². The summed E-state index contributed by atoms with van der Waals surface area (Å²) in [6.07, 6.45) is 3.34. The number of aromatic nitrogens is 1. The molecule has 0 spiro atoms. The van der Waals surface area contributed by atoms with Crippen LogP contribution < -0.4 is 10.1 Å². The summed E-state index contributed by atoms with van der Waals surface area (Å²) in [5.74, 6) is 0.259. The van der Waals surface area contributed by atoms with E-state index in [2.05, 4.69) is 10.3 Å². The van der Waals surface area contributed by atoms with Gasteiger partial charge in [0.25, 0.3) is 5.91 Å². The Balaban J connectivity index is 1.62. The molecule has 1 saturated heterocycles. The van der Waals surface area contributed by atoms with E-state index in [-0.39, 0.29) is 12.0 Å². The van der Waals surface area contributed by atoms with Gasteiger partial charge in [0.05, 0.1) is 29.5 Å². The fraction of sp³-hybridized carbons (Fsp3) is 0.294. The van der Waals surface area contributed by atoms with E-state index in [4.69, 9.17) is 21.1 Å². The molecule has 5 nitrogen and oxygen atoms in total. The fourth-order valence-electron chi connectivity index (χ4n) is 2.31. The monoisotopic (exact) mass is 332 g/mol. The zero-order chi connectivity index (χ0) is 16.1. The van der Waals surface area contributed by atoms with E-state index in [0.29, 0.717) is 35.4 Å². The van der Waals surface area contributed by atoms with Crippen molar-refractivity contribution in [2.24, 2.45) is 0 Å². The van der Waals surface area contributed by atoms with Crippen molar-refractivity contribution in [1.29, 1.82) is 0 Å². The lowest BCUT2D eigenvalue weighted by Gasteiger charge is -2.22. The van der Waals surface area contributed by atoms with Gasteiger partial charge in [-0.3, -0.25) is 4.79 Å². The van der Waals surface area contributed by atoms with Gasteiger partial charge in [0, 0.05) is 25.1 Å². The smallest absolute Gasteiger partial charge is 0.257 e. The maximum Gasteiger partial charge on any atom is 0.257 e. The van der Waals surface area contributed by atoms with Crippen molar-refractivity contribution in [3.8, 4) is 5.88 Å². The van der Waals surface area contributed by atoms with Crippen LogP contribution in [0.15, 0.2) is 42.6 Å². The highest BCUT2D eigenvalue weighted by Crippen LogP contribution is 2.21. The third-order valence-corrected chi connectivity index (χ3v) is 3.91. The van der Waals surface area contributed by atoms with E-state index in [0.717, 1.165) is 12.8 Å². The third kappa shape index (κ3) is 4.21. The molecule has 120 valence electrons. The van der Waals surface area contributed by atoms with Crippen LogP contribution in [0, 0.1) is 0 Å². The van der Waals surface area contributed by atoms with Crippen molar-refractivity contribution in [2.75, 3.05) is 18.5 Å². The van der Waals surface area contributed by atoms with Crippen LogP contribution in [0.5, 0.6) is 5.88 Å². The molecule has 6 heteroatoms. The van der Waals surface area contributed by atoms with Crippen LogP contribution in [0.3, 0.4) is 0 Å². The lowest BCUT2D eigenvalue weighted by molar-refractivity contribution is 0.0237. The van der Waals surface area contributed by atoms with E-state index >= 15 is 0 Å². The number of ether oxygens (including phenoxy) is 2. The molecule has 1 fully saturated rings. The summed E-state index contributed by atoms with van der Waals surface area (Å²) in [6, 6.07) is 10.5. The topological polar surface area (TPSA) is 60.5 Å². The zero-order valence-electron chi connectivity index (χ0n) is 12.5. The van der Waals surface area contributed by atoms with Crippen molar-refractivity contribution >= 4 is 23.2 Å². The predicted octanol–water partition coefficient (Wildman–Crippen LogP) is 3.55. The Morgan fingerprint density at radius 1 is 1.22 bits per heavy atom. The molecule has 0 unspecified atom stereocenters. The Morgan fingerprint density at radius 3 is 2.70 bits per heavy atom. The number of anilines is 1. The van der Waals surface area contributed by atoms with E-state index in [1.807, 2.05) is 12.1 Å². The molecular formula is C17H17ClN2O3. The quantitative estimate of drug-likeness (QED) is 0.930. The number of rotatable bonds is 4. The van der Waals surface area contributed by atoms with Crippen molar-refractivity contribution in [3.63, 3.8) is 0 Å². The van der Waals surface area contributed by atoms with Crippen LogP contribution in [0.1, 0.15) is 23.2 Å². The number of hydrogen-bond acceptors (Lipinski definition) is 4. The van der Waals surface area contributed by atoms with Gasteiger partial charge in [-0.25, -0.2) is 4.98 Å². The number of carbonyl (C=O) groups is 1. The predicted molar refractivity (Wildman–Crippen MR) is 88.1 cm³/mol. The molecule has 1 aliphatic heterocycles. The molecule has 0 aliphatic carbocycles. The van der Waals surface area contributed by atoms with Gasteiger partial charge in [-0.2, -0.15) is 0 Å². The number of nitrogens with one attached hydrogen (secondary N) is 1. The van der Waals surface area contributed by atoms with E-state index in [1.165, 1.54) is 6.20 Å². The molecule has 23 heavy (non-hydrogen) atoms. The minimum Gasteiger partial charge on any atom is -0.474 e. The molecule has 1 aliphatic rings. The summed E-state index contributed by atoms with van der Waals surface area (Å²) in [5, 5.41) is 3.25. The average molecular weight is 333 g/mol. The lowest BCUT2D eigenvalue weighted by Crippen LogP contribution is -2.26. The van der Waals surface area contributed by atoms with E-state index < -0.39 is 0 Å². The first-order valence-electron chi connectivity index (χ1n) is 7.49. The second-order valence-electron chi connectivity index (χ2n) is 5.25. The number of carbonyl (C=O) groups excluding carboxylic acids is 1. The molecule has 2 heterocycles. The average Bonchev–Trinajstić information content (AvgIpc) is 2.58. The van der Waals surface area contributed by atoms with Crippen molar-refractivity contribution in [3.05, 3.63) is 53.2 Å². The van der Waals surface area contributed by atoms with E-state index in [1.54, 1.807) is 24.3 Å². The van der Waals surface area contributed by atoms with Crippen LogP contribution >= 0.6 is 11.6 Å². The van der Waals surface area contributed by atoms with Crippen LogP contribution in [0.4, 0.5) is 5.69 Å². The zero-order valence-corrected chi connectivity index (χ0v) is 13.3. The maximum absolute atomic E-state index is 12.2. The summed E-state index contributed by atoms with van der Waals surface area (Å²) < 4.78 is 11.1. The van der Waals surface area contributed by atoms with Crippen LogP contribution in [-0.4, -0.2) is 30.2 Å². The molecule has 0 saturated carbocycles. The highest BCUT2D eigenvalue weighted by Gasteiger charge is 2.16. The Morgan fingerprint density at radius 2 is 2.00 bits per heavy atom. The molecule has 2 aromatic rings. The van der Waals surface area contributed by atoms with Gasteiger partial charge in [0.15, 0.2) is 0 Å². The molecule has 1 amide bonds. The molecule has 0 atom stereocenters. The second kappa shape index (κ2) is 7.44. The third-order valence-electron chi connectivity index (χ3n) is 3.58. The maximum atomic E-state index is 12.2. The number of pyridine rings is 1. The first-order chi connectivity index (χ1) is 11.2. The van der Waals surface area contributed by atoms with Gasteiger partial charge in [-0.15, -0.1) is 0 Å². The summed E-state index contributed by atoms with van der Waals surface area (Å²) in [6.45, 7) is 1.42. The summed E-state index contributed by atoms with van der Waals surface area (Å²) in [4.78, 5) is 16.4. The van der Waals surface area contributed by atoms with Gasteiger partial charge in [0.2, 0.25) is 5.88 Å². The Hall–Kier alpha value is -2.11. The van der Waals surface area contributed by atoms with Crippen molar-refractivity contribution < 1.29 is 14.3 Å². The highest BCUT2D eigenvalue weighted by molar-refractivity contribution is 6.33. The van der Waals surface area contributed by atoms with Crippen molar-refractivity contribution in [2.45, 2.75) is 18.9 Å². The number of halogens is 1. The SMILES string of the molecule is O=C(Nc1ccccc1Cl)c1ccc(OC2CCOCC2)nc1. The lowest BCUT2D eigenvalue weighted by atomic mass is 10.1. The molecular weight excluding hydrogens is 316 g/mol. The second-order valence-corrected chi connectivity index (χ2v) is 5.66. The number of amides is 1. The highest BCUT2D eigenvalue weighted by atomic mass is 35.5. The van der Waals surface area contributed by atoms with Crippen molar-refractivity contribution in [1.82, 2.24) is 4.98 Å². The summed E-state index contributed by atoms with van der Waals surface area (Å²) in [7, 11) is 0. The fourth-order valence-corrected chi connectivity index (χ4v) is 2.49. The molecule has 1 aromatic carbocycles. The Bertz CT molecular complexity index is 670. The molecule has 1 N–H and O–H groups in total. The van der Waals surface area contributed by atoms with Gasteiger partial charge in [-0.1, -0.05) is 23.7 Å². The molecule has 1 aromatic heterocycles. The molecule has 3 rings (SSSR count). The largest absolute Gasteiger partial charge is 0.474 e. The Labute approximate surface area is 139 Å². The van der Waals surface area contributed by atoms with Gasteiger partial charge < -0.3 is 14.8 Å². The standard InChI is InChI=1S/C17H17ClN2O3/c18-14-3-1-2-4-15(14)20-17(21)12-5-6-16(19-11-12)23-13-7-9-22-10-8-13/h1-6,11,13H,7-10H2,(H,20,21). The minimum atomic E-state index is -0.261. The number of benzene rings is 1.